The number of methoxy groups -OCH3 is 1. The predicted molar refractivity (Wildman–Crippen MR) is 83.0 cm³/mol. The molecule has 2 aromatic carbocycles. The number of hydrogen-bond acceptors (Lipinski definition) is 4. The molecule has 0 saturated carbocycles. The quantitative estimate of drug-likeness (QED) is 0.667. The van der Waals surface area contributed by atoms with E-state index in [0.29, 0.717) is 17.1 Å². The van der Waals surface area contributed by atoms with E-state index in [1.54, 1.807) is 18.2 Å². The minimum absolute atomic E-state index is 0.129. The van der Waals surface area contributed by atoms with Gasteiger partial charge in [0.05, 0.1) is 23.4 Å². The summed E-state index contributed by atoms with van der Waals surface area (Å²) < 4.78 is 4.72. The van der Waals surface area contributed by atoms with Crippen LogP contribution in [0.4, 0.5) is 5.69 Å². The molecule has 0 atom stereocenters. The molecule has 2 rings (SSSR count). The van der Waals surface area contributed by atoms with Crippen LogP contribution in [0, 0.1) is 6.92 Å². The van der Waals surface area contributed by atoms with Gasteiger partial charge in [-0.25, -0.2) is 4.79 Å². The lowest BCUT2D eigenvalue weighted by molar-refractivity contribution is 0.0600. The van der Waals surface area contributed by atoms with Gasteiger partial charge in [0.1, 0.15) is 5.75 Å². The Morgan fingerprint density at radius 3 is 2.67 bits per heavy atom. The number of hydrogen-bond donors (Lipinski definition) is 2. The fourth-order valence-electron chi connectivity index (χ4n) is 2.02. The Hall–Kier alpha value is -2.20. The number of aromatic hydroxyl groups is 1. The Bertz CT molecular complexity index is 671. The zero-order valence-electron chi connectivity index (χ0n) is 11.8. The summed E-state index contributed by atoms with van der Waals surface area (Å²) in [7, 11) is 1.37. The minimum atomic E-state index is -0.339. The summed E-state index contributed by atoms with van der Waals surface area (Å²) in [5.41, 5.74) is 3.18. The van der Waals surface area contributed by atoms with Gasteiger partial charge in [0.2, 0.25) is 0 Å². The maximum absolute atomic E-state index is 11.5. The molecule has 0 bridgehead atoms. The largest absolute Gasteiger partial charge is 0.508 e. The van der Waals surface area contributed by atoms with E-state index in [1.807, 2.05) is 19.1 Å². The highest BCUT2D eigenvalue weighted by Crippen LogP contribution is 2.26. The van der Waals surface area contributed by atoms with Gasteiger partial charge in [-0.1, -0.05) is 23.7 Å². The molecule has 0 unspecified atom stereocenters. The van der Waals surface area contributed by atoms with Crippen LogP contribution in [-0.4, -0.2) is 18.2 Å². The lowest BCUT2D eigenvalue weighted by Gasteiger charge is -2.10. The highest BCUT2D eigenvalue weighted by atomic mass is 35.5. The van der Waals surface area contributed by atoms with Gasteiger partial charge in [-0.05, 0) is 36.2 Å². The van der Waals surface area contributed by atoms with Crippen molar-refractivity contribution in [2.45, 2.75) is 13.5 Å². The molecule has 0 radical (unpaired) electrons. The standard InChI is InChI=1S/C16H16ClNO3/c1-10-7-11(3-5-13(10)16(20)21-2)9-18-15-6-4-12(19)8-14(15)17/h3-8,18-19H,9H2,1-2H3. The Morgan fingerprint density at radius 2 is 2.05 bits per heavy atom. The first kappa shape index (κ1) is 15.2. The van der Waals surface area contributed by atoms with Gasteiger partial charge in [0.25, 0.3) is 0 Å². The van der Waals surface area contributed by atoms with E-state index < -0.39 is 0 Å². The van der Waals surface area contributed by atoms with Crippen LogP contribution in [-0.2, 0) is 11.3 Å². The molecule has 0 aliphatic rings. The van der Waals surface area contributed by atoms with Crippen molar-refractivity contribution in [2.24, 2.45) is 0 Å². The molecule has 0 aliphatic carbocycles. The first-order valence-electron chi connectivity index (χ1n) is 6.41. The van der Waals surface area contributed by atoms with Gasteiger partial charge in [-0.2, -0.15) is 0 Å². The molecule has 0 spiro atoms. The van der Waals surface area contributed by atoms with Gasteiger partial charge in [0, 0.05) is 12.6 Å². The SMILES string of the molecule is COC(=O)c1ccc(CNc2ccc(O)cc2Cl)cc1C. The second-order valence-corrected chi connectivity index (χ2v) is 5.07. The first-order valence-corrected chi connectivity index (χ1v) is 6.79. The van der Waals surface area contributed by atoms with E-state index in [1.165, 1.54) is 13.2 Å². The van der Waals surface area contributed by atoms with Crippen LogP contribution in [0.25, 0.3) is 0 Å². The molecule has 0 heterocycles. The molecule has 2 aromatic rings. The van der Waals surface area contributed by atoms with E-state index in [-0.39, 0.29) is 11.7 Å². The summed E-state index contributed by atoms with van der Waals surface area (Å²) in [6, 6.07) is 10.3. The molecule has 0 saturated heterocycles. The smallest absolute Gasteiger partial charge is 0.338 e. The van der Waals surface area contributed by atoms with E-state index in [9.17, 15) is 9.90 Å². The zero-order chi connectivity index (χ0) is 15.4. The third-order valence-electron chi connectivity index (χ3n) is 3.13. The number of halogens is 1. The summed E-state index contributed by atoms with van der Waals surface area (Å²) in [4.78, 5) is 11.5. The van der Waals surface area contributed by atoms with Crippen LogP contribution in [0.15, 0.2) is 36.4 Å². The third kappa shape index (κ3) is 3.67. The Balaban J connectivity index is 2.10. The highest BCUT2D eigenvalue weighted by Gasteiger charge is 2.09. The molecule has 21 heavy (non-hydrogen) atoms. The number of phenols is 1. The summed E-state index contributed by atoms with van der Waals surface area (Å²) in [5, 5.41) is 13.0. The van der Waals surface area contributed by atoms with Crippen molar-refractivity contribution in [1.82, 2.24) is 0 Å². The fraction of sp³-hybridized carbons (Fsp3) is 0.188. The monoisotopic (exact) mass is 305 g/mol. The molecule has 0 amide bonds. The van der Waals surface area contributed by atoms with Crippen molar-refractivity contribution in [3.63, 3.8) is 0 Å². The highest BCUT2D eigenvalue weighted by molar-refractivity contribution is 6.33. The molecule has 0 aliphatic heterocycles. The van der Waals surface area contributed by atoms with Crippen LogP contribution >= 0.6 is 11.6 Å². The van der Waals surface area contributed by atoms with Crippen molar-refractivity contribution in [2.75, 3.05) is 12.4 Å². The molecule has 110 valence electrons. The number of aryl methyl sites for hydroxylation is 1. The Labute approximate surface area is 128 Å². The summed E-state index contributed by atoms with van der Waals surface area (Å²) in [6.45, 7) is 2.43. The average Bonchev–Trinajstić information content (AvgIpc) is 2.45. The van der Waals surface area contributed by atoms with E-state index in [4.69, 9.17) is 16.3 Å². The van der Waals surface area contributed by atoms with Crippen LogP contribution in [0.5, 0.6) is 5.75 Å². The second kappa shape index (κ2) is 6.50. The maximum Gasteiger partial charge on any atom is 0.338 e. The summed E-state index contributed by atoms with van der Waals surface area (Å²) >= 11 is 6.03. The van der Waals surface area contributed by atoms with Gasteiger partial charge in [-0.3, -0.25) is 0 Å². The number of carbonyl (C=O) groups is 1. The topological polar surface area (TPSA) is 58.6 Å². The maximum atomic E-state index is 11.5. The molecular weight excluding hydrogens is 290 g/mol. The lowest BCUT2D eigenvalue weighted by Crippen LogP contribution is -2.06. The van der Waals surface area contributed by atoms with Gasteiger partial charge in [0.15, 0.2) is 0 Å². The molecule has 0 aromatic heterocycles. The Kier molecular flexibility index (Phi) is 4.70. The van der Waals surface area contributed by atoms with Gasteiger partial charge in [-0.15, -0.1) is 0 Å². The summed E-state index contributed by atoms with van der Waals surface area (Å²) in [5.74, 6) is -0.211. The molecule has 4 nitrogen and oxygen atoms in total. The van der Waals surface area contributed by atoms with E-state index in [2.05, 4.69) is 5.32 Å². The van der Waals surface area contributed by atoms with Crippen molar-refractivity contribution in [3.05, 3.63) is 58.1 Å². The minimum Gasteiger partial charge on any atom is -0.508 e. The van der Waals surface area contributed by atoms with E-state index >= 15 is 0 Å². The number of rotatable bonds is 4. The summed E-state index contributed by atoms with van der Waals surface area (Å²) in [6.07, 6.45) is 0. The first-order chi connectivity index (χ1) is 10.0. The van der Waals surface area contributed by atoms with Crippen molar-refractivity contribution < 1.29 is 14.6 Å². The average molecular weight is 306 g/mol. The number of anilines is 1. The molecule has 2 N–H and O–H groups in total. The molecule has 0 fully saturated rings. The second-order valence-electron chi connectivity index (χ2n) is 4.66. The van der Waals surface area contributed by atoms with Gasteiger partial charge >= 0.3 is 5.97 Å². The lowest BCUT2D eigenvalue weighted by atomic mass is 10.1. The van der Waals surface area contributed by atoms with Crippen LogP contribution in [0.3, 0.4) is 0 Å². The van der Waals surface area contributed by atoms with Crippen LogP contribution in [0.2, 0.25) is 5.02 Å². The van der Waals surface area contributed by atoms with Gasteiger partial charge < -0.3 is 15.2 Å². The number of phenolic OH excluding ortho intramolecular Hbond substituents is 1. The molecule has 5 heteroatoms. The van der Waals surface area contributed by atoms with Crippen molar-refractivity contribution in [1.29, 1.82) is 0 Å². The number of carbonyl (C=O) groups excluding carboxylic acids is 1. The third-order valence-corrected chi connectivity index (χ3v) is 3.44. The van der Waals surface area contributed by atoms with Crippen molar-refractivity contribution in [3.8, 4) is 5.75 Å². The van der Waals surface area contributed by atoms with E-state index in [0.717, 1.165) is 16.8 Å². The van der Waals surface area contributed by atoms with Crippen LogP contribution in [0.1, 0.15) is 21.5 Å². The number of benzene rings is 2. The normalized spacial score (nSPS) is 10.2. The number of nitrogens with one attached hydrogen (secondary N) is 1. The Morgan fingerprint density at radius 1 is 1.29 bits per heavy atom. The number of ether oxygens (including phenoxy) is 1. The zero-order valence-corrected chi connectivity index (χ0v) is 12.6. The van der Waals surface area contributed by atoms with Crippen molar-refractivity contribution >= 4 is 23.3 Å². The predicted octanol–water partition coefficient (Wildman–Crippen LogP) is 3.75. The van der Waals surface area contributed by atoms with Crippen LogP contribution < -0.4 is 5.32 Å². The molecular formula is C16H16ClNO3. The number of esters is 1. The fourth-order valence-corrected chi connectivity index (χ4v) is 2.26.